The van der Waals surface area contributed by atoms with Gasteiger partial charge in [-0.3, -0.25) is 0 Å². The zero-order chi connectivity index (χ0) is 16.7. The second-order valence-corrected chi connectivity index (χ2v) is 4.36. The third-order valence-electron chi connectivity index (χ3n) is 2.68. The third-order valence-corrected chi connectivity index (χ3v) is 2.68. The van der Waals surface area contributed by atoms with E-state index < -0.39 is 17.9 Å². The van der Waals surface area contributed by atoms with Gasteiger partial charge >= 0.3 is 17.9 Å². The predicted octanol–water partition coefficient (Wildman–Crippen LogP) is 2.78. The predicted molar refractivity (Wildman–Crippen MR) is 78.5 cm³/mol. The van der Waals surface area contributed by atoms with Gasteiger partial charge in [0.1, 0.15) is 0 Å². The van der Waals surface area contributed by atoms with Gasteiger partial charge in [0.25, 0.3) is 0 Å². The minimum atomic E-state index is -1.06. The summed E-state index contributed by atoms with van der Waals surface area (Å²) in [6.07, 6.45) is 0. The maximum atomic E-state index is 10.3. The molecular formula is C16H14O6. The molecule has 0 aromatic heterocycles. The fourth-order valence-corrected chi connectivity index (χ4v) is 1.45. The quantitative estimate of drug-likeness (QED) is 0.803. The molecular weight excluding hydrogens is 288 g/mol. The highest BCUT2D eigenvalue weighted by atomic mass is 16.4. The van der Waals surface area contributed by atoms with Crippen LogP contribution in [-0.4, -0.2) is 33.2 Å². The Hall–Kier alpha value is -3.15. The van der Waals surface area contributed by atoms with Crippen LogP contribution in [-0.2, 0) is 0 Å². The second-order valence-electron chi connectivity index (χ2n) is 4.36. The number of aromatic carboxylic acids is 3. The molecule has 0 saturated carbocycles. The first-order valence-electron chi connectivity index (χ1n) is 6.18. The summed E-state index contributed by atoms with van der Waals surface area (Å²) in [7, 11) is 0. The number of hydrogen-bond acceptors (Lipinski definition) is 3. The van der Waals surface area contributed by atoms with Crippen molar-refractivity contribution in [3.63, 3.8) is 0 Å². The molecule has 114 valence electrons. The average Bonchev–Trinajstić information content (AvgIpc) is 2.48. The Morgan fingerprint density at radius 3 is 1.05 bits per heavy atom. The molecule has 2 rings (SSSR count). The van der Waals surface area contributed by atoms with Gasteiger partial charge in [-0.2, -0.15) is 0 Å². The van der Waals surface area contributed by atoms with Crippen LogP contribution in [0.2, 0.25) is 0 Å². The first kappa shape index (κ1) is 16.9. The lowest BCUT2D eigenvalue weighted by molar-refractivity contribution is 0.0681. The molecule has 0 radical (unpaired) electrons. The fourth-order valence-electron chi connectivity index (χ4n) is 1.45. The lowest BCUT2D eigenvalue weighted by Crippen LogP contribution is -1.99. The maximum absolute atomic E-state index is 10.3. The standard InChI is InChI=1S/C8H6O4.C8H8O2/c9-7(10)5-1-2-6(4-3-5)8(11)12;1-6-2-4-7(5-3-6)8(9)10/h1-4H,(H,9,10)(H,11,12);2-5H,1H3,(H,9,10). The van der Waals surface area contributed by atoms with E-state index in [-0.39, 0.29) is 11.1 Å². The second kappa shape index (κ2) is 7.58. The summed E-state index contributed by atoms with van der Waals surface area (Å²) in [5.41, 5.74) is 1.58. The van der Waals surface area contributed by atoms with Crippen LogP contribution < -0.4 is 0 Å². The highest BCUT2D eigenvalue weighted by Crippen LogP contribution is 2.04. The summed E-state index contributed by atoms with van der Waals surface area (Å²) in [4.78, 5) is 31.0. The van der Waals surface area contributed by atoms with Crippen molar-refractivity contribution in [2.45, 2.75) is 6.92 Å². The summed E-state index contributed by atoms with van der Waals surface area (Å²) in [6, 6.07) is 11.8. The van der Waals surface area contributed by atoms with E-state index in [0.717, 1.165) is 5.56 Å². The number of rotatable bonds is 3. The van der Waals surface area contributed by atoms with Crippen LogP contribution in [0.5, 0.6) is 0 Å². The van der Waals surface area contributed by atoms with E-state index in [1.54, 1.807) is 24.3 Å². The molecule has 6 nitrogen and oxygen atoms in total. The van der Waals surface area contributed by atoms with Gasteiger partial charge in [0, 0.05) is 0 Å². The molecule has 2 aromatic carbocycles. The molecule has 0 amide bonds. The first-order valence-corrected chi connectivity index (χ1v) is 6.18. The van der Waals surface area contributed by atoms with Gasteiger partial charge in [-0.25, -0.2) is 14.4 Å². The summed E-state index contributed by atoms with van der Waals surface area (Å²) < 4.78 is 0. The number of benzene rings is 2. The molecule has 3 N–H and O–H groups in total. The first-order chi connectivity index (χ1) is 10.3. The van der Waals surface area contributed by atoms with E-state index in [2.05, 4.69) is 0 Å². The summed E-state index contributed by atoms with van der Waals surface area (Å²) >= 11 is 0. The molecule has 0 bridgehead atoms. The summed E-state index contributed by atoms with van der Waals surface area (Å²) in [5.74, 6) is -3.00. The lowest BCUT2D eigenvalue weighted by atomic mass is 10.1. The summed E-state index contributed by atoms with van der Waals surface area (Å²) in [6.45, 7) is 1.92. The Balaban J connectivity index is 0.000000224. The maximum Gasteiger partial charge on any atom is 0.335 e. The molecule has 0 fully saturated rings. The number of carbonyl (C=O) groups is 3. The van der Waals surface area contributed by atoms with Crippen molar-refractivity contribution in [1.29, 1.82) is 0 Å². The molecule has 0 spiro atoms. The topological polar surface area (TPSA) is 112 Å². The Kier molecular flexibility index (Phi) is 5.83. The highest BCUT2D eigenvalue weighted by molar-refractivity contribution is 5.91. The van der Waals surface area contributed by atoms with Crippen molar-refractivity contribution in [2.24, 2.45) is 0 Å². The van der Waals surface area contributed by atoms with Gasteiger partial charge in [0.15, 0.2) is 0 Å². The van der Waals surface area contributed by atoms with Crippen LogP contribution in [0.1, 0.15) is 36.6 Å². The van der Waals surface area contributed by atoms with E-state index in [0.29, 0.717) is 5.56 Å². The van der Waals surface area contributed by atoms with Gasteiger partial charge in [0.05, 0.1) is 16.7 Å². The largest absolute Gasteiger partial charge is 0.478 e. The van der Waals surface area contributed by atoms with Crippen molar-refractivity contribution in [3.8, 4) is 0 Å². The van der Waals surface area contributed by atoms with Crippen LogP contribution in [0.3, 0.4) is 0 Å². The van der Waals surface area contributed by atoms with Crippen molar-refractivity contribution in [3.05, 3.63) is 70.8 Å². The van der Waals surface area contributed by atoms with Gasteiger partial charge in [-0.1, -0.05) is 17.7 Å². The molecule has 0 aliphatic carbocycles. The fraction of sp³-hybridized carbons (Fsp3) is 0.0625. The van der Waals surface area contributed by atoms with Crippen molar-refractivity contribution in [2.75, 3.05) is 0 Å². The number of aryl methyl sites for hydroxylation is 1. The molecule has 0 aliphatic heterocycles. The molecule has 6 heteroatoms. The highest BCUT2D eigenvalue weighted by Gasteiger charge is 2.04. The van der Waals surface area contributed by atoms with Gasteiger partial charge in [0.2, 0.25) is 0 Å². The molecule has 0 saturated heterocycles. The van der Waals surface area contributed by atoms with E-state index >= 15 is 0 Å². The van der Waals surface area contributed by atoms with Crippen molar-refractivity contribution in [1.82, 2.24) is 0 Å². The molecule has 0 atom stereocenters. The van der Waals surface area contributed by atoms with Gasteiger partial charge < -0.3 is 15.3 Å². The minimum absolute atomic E-state index is 0.0833. The average molecular weight is 302 g/mol. The van der Waals surface area contributed by atoms with E-state index in [1.165, 1.54) is 24.3 Å². The van der Waals surface area contributed by atoms with Crippen LogP contribution in [0, 0.1) is 6.92 Å². The normalized spacial score (nSPS) is 9.32. The molecule has 0 heterocycles. The lowest BCUT2D eigenvalue weighted by Gasteiger charge is -1.94. The van der Waals surface area contributed by atoms with Crippen molar-refractivity contribution < 1.29 is 29.7 Å². The zero-order valence-corrected chi connectivity index (χ0v) is 11.7. The number of hydrogen-bond donors (Lipinski definition) is 3. The van der Waals surface area contributed by atoms with Crippen LogP contribution in [0.25, 0.3) is 0 Å². The van der Waals surface area contributed by atoms with Gasteiger partial charge in [-0.05, 0) is 43.3 Å². The Labute approximate surface area is 126 Å². The molecule has 0 aliphatic rings. The van der Waals surface area contributed by atoms with Crippen LogP contribution in [0.15, 0.2) is 48.5 Å². The van der Waals surface area contributed by atoms with E-state index in [9.17, 15) is 14.4 Å². The Morgan fingerprint density at radius 2 is 0.818 bits per heavy atom. The number of carboxylic acid groups (broad SMARTS) is 3. The van der Waals surface area contributed by atoms with E-state index in [1.807, 2.05) is 6.92 Å². The smallest absolute Gasteiger partial charge is 0.335 e. The van der Waals surface area contributed by atoms with Crippen LogP contribution >= 0.6 is 0 Å². The van der Waals surface area contributed by atoms with Gasteiger partial charge in [-0.15, -0.1) is 0 Å². The SMILES string of the molecule is Cc1ccc(C(=O)O)cc1.O=C(O)c1ccc(C(=O)O)cc1. The molecule has 2 aromatic rings. The Morgan fingerprint density at radius 1 is 0.591 bits per heavy atom. The van der Waals surface area contributed by atoms with Crippen LogP contribution in [0.4, 0.5) is 0 Å². The molecule has 0 unspecified atom stereocenters. The Bertz CT molecular complexity index is 638. The minimum Gasteiger partial charge on any atom is -0.478 e. The monoisotopic (exact) mass is 302 g/mol. The molecule has 22 heavy (non-hydrogen) atoms. The van der Waals surface area contributed by atoms with E-state index in [4.69, 9.17) is 15.3 Å². The third kappa shape index (κ3) is 5.09. The number of carboxylic acids is 3. The summed E-state index contributed by atoms with van der Waals surface area (Å²) in [5, 5.41) is 25.4. The van der Waals surface area contributed by atoms with Crippen molar-refractivity contribution >= 4 is 17.9 Å². The zero-order valence-electron chi connectivity index (χ0n) is 11.7.